The van der Waals surface area contributed by atoms with E-state index in [0.29, 0.717) is 17.9 Å². The van der Waals surface area contributed by atoms with Crippen LogP contribution in [0, 0.1) is 18.3 Å². The van der Waals surface area contributed by atoms with Gasteiger partial charge in [0.1, 0.15) is 17.4 Å². The lowest BCUT2D eigenvalue weighted by Gasteiger charge is -2.14. The minimum atomic E-state index is -0.654. The van der Waals surface area contributed by atoms with Gasteiger partial charge >= 0.3 is 0 Å². The van der Waals surface area contributed by atoms with Crippen molar-refractivity contribution in [3.63, 3.8) is 0 Å². The molecule has 0 aliphatic rings. The molecule has 0 unspecified atom stereocenters. The minimum absolute atomic E-state index is 0.0143. The van der Waals surface area contributed by atoms with Gasteiger partial charge in [-0.05, 0) is 31.0 Å². The van der Waals surface area contributed by atoms with Gasteiger partial charge in [0.25, 0.3) is 5.56 Å². The van der Waals surface area contributed by atoms with Crippen molar-refractivity contribution in [2.75, 3.05) is 6.61 Å². The molecule has 0 aliphatic heterocycles. The van der Waals surface area contributed by atoms with Crippen LogP contribution in [0.5, 0.6) is 11.6 Å². The Morgan fingerprint density at radius 3 is 2.81 bits per heavy atom. The van der Waals surface area contributed by atoms with Crippen LogP contribution in [0.4, 0.5) is 0 Å². The average molecular weight is 352 g/mol. The molecule has 0 aliphatic carbocycles. The van der Waals surface area contributed by atoms with Gasteiger partial charge in [-0.1, -0.05) is 25.1 Å². The number of ether oxygens (including phenoxy) is 1. The Labute approximate surface area is 151 Å². The molecule has 134 valence electrons. The van der Waals surface area contributed by atoms with Gasteiger partial charge in [0, 0.05) is 12.1 Å². The van der Waals surface area contributed by atoms with Crippen LogP contribution in [0.2, 0.25) is 0 Å². The molecular formula is C20H20N2O4. The van der Waals surface area contributed by atoms with Crippen LogP contribution in [0.15, 0.2) is 41.7 Å². The number of aromatic nitrogens is 1. The van der Waals surface area contributed by atoms with Crippen molar-refractivity contribution in [2.45, 2.75) is 26.8 Å². The summed E-state index contributed by atoms with van der Waals surface area (Å²) < 4.78 is 6.49. The lowest BCUT2D eigenvalue weighted by Crippen LogP contribution is -2.26. The fraction of sp³-hybridized carbons (Fsp3) is 0.250. The lowest BCUT2D eigenvalue weighted by atomic mass is 9.97. The van der Waals surface area contributed by atoms with E-state index in [0.717, 1.165) is 11.0 Å². The number of carbonyl (C=O) groups excluding carboxylic acids is 1. The summed E-state index contributed by atoms with van der Waals surface area (Å²) in [5, 5.41) is 19.8. The van der Waals surface area contributed by atoms with E-state index in [9.17, 15) is 20.0 Å². The van der Waals surface area contributed by atoms with Gasteiger partial charge in [-0.2, -0.15) is 5.26 Å². The van der Waals surface area contributed by atoms with Gasteiger partial charge < -0.3 is 9.84 Å². The molecule has 0 bridgehead atoms. The van der Waals surface area contributed by atoms with Crippen LogP contribution in [-0.4, -0.2) is 22.1 Å². The number of pyridine rings is 1. The van der Waals surface area contributed by atoms with E-state index in [-0.39, 0.29) is 23.2 Å². The number of hydrogen-bond acceptors (Lipinski definition) is 5. The van der Waals surface area contributed by atoms with Gasteiger partial charge in [0.15, 0.2) is 5.78 Å². The zero-order valence-electron chi connectivity index (χ0n) is 14.8. The zero-order valence-corrected chi connectivity index (χ0v) is 14.8. The molecule has 0 saturated carbocycles. The molecular weight excluding hydrogens is 332 g/mol. The first kappa shape index (κ1) is 19.0. The molecule has 1 heterocycles. The number of nitriles is 1. The maximum atomic E-state index is 13.0. The maximum absolute atomic E-state index is 13.0. The van der Waals surface area contributed by atoms with E-state index < -0.39 is 17.2 Å². The summed E-state index contributed by atoms with van der Waals surface area (Å²) in [6.45, 7) is 7.49. The average Bonchev–Trinajstić information content (AvgIpc) is 2.64. The fourth-order valence-electron chi connectivity index (χ4n) is 2.61. The highest BCUT2D eigenvalue weighted by Crippen LogP contribution is 2.26. The normalized spacial score (nSPS) is 10.2. The summed E-state index contributed by atoms with van der Waals surface area (Å²) in [4.78, 5) is 25.3. The van der Waals surface area contributed by atoms with Crippen molar-refractivity contribution < 1.29 is 14.6 Å². The van der Waals surface area contributed by atoms with Crippen molar-refractivity contribution in [3.05, 3.63) is 69.5 Å². The van der Waals surface area contributed by atoms with Gasteiger partial charge in [0.05, 0.1) is 12.2 Å². The lowest BCUT2D eigenvalue weighted by molar-refractivity contribution is 0.103. The Hall–Kier alpha value is -3.33. The highest BCUT2D eigenvalue weighted by molar-refractivity contribution is 6.11. The monoisotopic (exact) mass is 352 g/mol. The van der Waals surface area contributed by atoms with Crippen LogP contribution in [-0.2, 0) is 6.54 Å². The first-order valence-corrected chi connectivity index (χ1v) is 8.21. The zero-order chi connectivity index (χ0) is 19.3. The van der Waals surface area contributed by atoms with E-state index >= 15 is 0 Å². The van der Waals surface area contributed by atoms with Crippen molar-refractivity contribution in [1.82, 2.24) is 4.57 Å². The van der Waals surface area contributed by atoms with Gasteiger partial charge in [-0.3, -0.25) is 14.2 Å². The highest BCUT2D eigenvalue weighted by atomic mass is 16.5. The van der Waals surface area contributed by atoms with Crippen molar-refractivity contribution >= 4 is 5.78 Å². The third-order valence-electron chi connectivity index (χ3n) is 3.91. The summed E-state index contributed by atoms with van der Waals surface area (Å²) in [6.07, 6.45) is 2.24. The van der Waals surface area contributed by atoms with Crippen molar-refractivity contribution in [3.8, 4) is 17.7 Å². The minimum Gasteiger partial charge on any atom is -0.494 e. The molecule has 2 rings (SSSR count). The molecule has 0 radical (unpaired) electrons. The number of aromatic hydroxyl groups is 1. The quantitative estimate of drug-likeness (QED) is 0.611. The number of benzene rings is 1. The van der Waals surface area contributed by atoms with E-state index in [1.165, 1.54) is 13.0 Å². The molecule has 0 atom stereocenters. The van der Waals surface area contributed by atoms with Crippen LogP contribution >= 0.6 is 0 Å². The first-order chi connectivity index (χ1) is 12.5. The SMILES string of the molecule is C=CCn1c(O)c(C(=O)c2cccc(OCCC)c2)c(C)c(C#N)c1=O. The Morgan fingerprint density at radius 1 is 1.46 bits per heavy atom. The number of nitrogens with zero attached hydrogens (tertiary/aromatic N) is 2. The third-order valence-corrected chi connectivity index (χ3v) is 3.91. The van der Waals surface area contributed by atoms with Crippen LogP contribution in [0.25, 0.3) is 0 Å². The fourth-order valence-corrected chi connectivity index (χ4v) is 2.61. The third kappa shape index (κ3) is 3.52. The molecule has 2 aromatic rings. The molecule has 0 spiro atoms. The van der Waals surface area contributed by atoms with Gasteiger partial charge in [-0.15, -0.1) is 6.58 Å². The summed E-state index contributed by atoms with van der Waals surface area (Å²) in [7, 11) is 0. The molecule has 0 fully saturated rings. The summed E-state index contributed by atoms with van der Waals surface area (Å²) >= 11 is 0. The maximum Gasteiger partial charge on any atom is 0.271 e. The number of carbonyl (C=O) groups is 1. The van der Waals surface area contributed by atoms with Crippen molar-refractivity contribution in [1.29, 1.82) is 5.26 Å². The summed E-state index contributed by atoms with van der Waals surface area (Å²) in [6, 6.07) is 8.40. The molecule has 0 amide bonds. The largest absolute Gasteiger partial charge is 0.494 e. The van der Waals surface area contributed by atoms with Gasteiger partial charge in [-0.25, -0.2) is 0 Å². The molecule has 6 heteroatoms. The summed E-state index contributed by atoms with van der Waals surface area (Å²) in [5.74, 6) is -0.428. The number of rotatable bonds is 7. The Balaban J connectivity index is 2.63. The number of ketones is 1. The standard InChI is InChI=1S/C20H20N2O4/c1-4-9-22-19(24)16(12-21)13(3)17(20(22)25)18(23)14-7-6-8-15(11-14)26-10-5-2/h4,6-8,11,25H,1,5,9-10H2,2-3H3. The van der Waals surface area contributed by atoms with Crippen LogP contribution in [0.3, 0.4) is 0 Å². The number of hydrogen-bond donors (Lipinski definition) is 1. The molecule has 1 N–H and O–H groups in total. The topological polar surface area (TPSA) is 92.3 Å². The number of allylic oxidation sites excluding steroid dienone is 1. The second kappa shape index (κ2) is 8.17. The second-order valence-electron chi connectivity index (χ2n) is 5.72. The smallest absolute Gasteiger partial charge is 0.271 e. The molecule has 1 aromatic carbocycles. The van der Waals surface area contributed by atoms with Gasteiger partial charge in [0.2, 0.25) is 5.88 Å². The predicted octanol–water partition coefficient (Wildman–Crippen LogP) is 2.94. The highest BCUT2D eigenvalue weighted by Gasteiger charge is 2.24. The first-order valence-electron chi connectivity index (χ1n) is 8.21. The Morgan fingerprint density at radius 2 is 2.19 bits per heavy atom. The molecule has 0 saturated heterocycles. The van der Waals surface area contributed by atoms with Crippen LogP contribution in [0.1, 0.15) is 40.4 Å². The molecule has 26 heavy (non-hydrogen) atoms. The Kier molecular flexibility index (Phi) is 5.97. The van der Waals surface area contributed by atoms with Crippen molar-refractivity contribution in [2.24, 2.45) is 0 Å². The summed E-state index contributed by atoms with van der Waals surface area (Å²) in [5.41, 5.74) is -0.453. The Bertz CT molecular complexity index is 952. The van der Waals surface area contributed by atoms with E-state index in [1.54, 1.807) is 24.3 Å². The van der Waals surface area contributed by atoms with Crippen LogP contribution < -0.4 is 10.3 Å². The predicted molar refractivity (Wildman–Crippen MR) is 97.7 cm³/mol. The molecule has 1 aromatic heterocycles. The molecule has 6 nitrogen and oxygen atoms in total. The van der Waals surface area contributed by atoms with E-state index in [2.05, 4.69) is 6.58 Å². The second-order valence-corrected chi connectivity index (χ2v) is 5.72. The van der Waals surface area contributed by atoms with E-state index in [4.69, 9.17) is 4.74 Å². The van der Waals surface area contributed by atoms with E-state index in [1.807, 2.05) is 13.0 Å².